The zero-order valence-corrected chi connectivity index (χ0v) is 12.0. The third-order valence-electron chi connectivity index (χ3n) is 4.22. The summed E-state index contributed by atoms with van der Waals surface area (Å²) in [5, 5.41) is 0. The van der Waals surface area contributed by atoms with Crippen molar-refractivity contribution in [1.82, 2.24) is 0 Å². The zero-order chi connectivity index (χ0) is 13.0. The van der Waals surface area contributed by atoms with E-state index >= 15 is 0 Å². The van der Waals surface area contributed by atoms with Crippen LogP contribution < -0.4 is 4.74 Å². The lowest BCUT2D eigenvalue weighted by atomic mass is 9.86. The van der Waals surface area contributed by atoms with Crippen molar-refractivity contribution >= 4 is 0 Å². The van der Waals surface area contributed by atoms with E-state index in [2.05, 4.69) is 45.0 Å². The summed E-state index contributed by atoms with van der Waals surface area (Å²) in [5.41, 5.74) is 1.39. The number of hydrogen-bond acceptors (Lipinski definition) is 1. The van der Waals surface area contributed by atoms with Crippen molar-refractivity contribution in [2.24, 2.45) is 5.92 Å². The zero-order valence-electron chi connectivity index (χ0n) is 12.0. The van der Waals surface area contributed by atoms with Crippen LogP contribution in [0.4, 0.5) is 0 Å². The average molecular weight is 246 g/mol. The maximum atomic E-state index is 6.08. The maximum Gasteiger partial charge on any atom is 0.119 e. The van der Waals surface area contributed by atoms with E-state index < -0.39 is 0 Å². The fraction of sp³-hybridized carbons (Fsp3) is 0.647. The van der Waals surface area contributed by atoms with Gasteiger partial charge >= 0.3 is 0 Å². The maximum absolute atomic E-state index is 6.08. The van der Waals surface area contributed by atoms with Crippen LogP contribution in [-0.2, 0) is 0 Å². The van der Waals surface area contributed by atoms with E-state index in [0.717, 1.165) is 11.7 Å². The fourth-order valence-corrected chi connectivity index (χ4v) is 2.78. The molecule has 1 nitrogen and oxygen atoms in total. The van der Waals surface area contributed by atoms with Gasteiger partial charge in [-0.2, -0.15) is 0 Å². The van der Waals surface area contributed by atoms with Gasteiger partial charge in [0, 0.05) is 0 Å². The Hall–Kier alpha value is -0.980. The highest BCUT2D eigenvalue weighted by Crippen LogP contribution is 2.29. The molecule has 0 aromatic heterocycles. The second-order valence-electron chi connectivity index (χ2n) is 5.89. The second-order valence-corrected chi connectivity index (χ2v) is 5.89. The molecule has 0 atom stereocenters. The third-order valence-corrected chi connectivity index (χ3v) is 4.22. The van der Waals surface area contributed by atoms with E-state index in [9.17, 15) is 0 Å². The molecule has 1 saturated carbocycles. The molecule has 18 heavy (non-hydrogen) atoms. The summed E-state index contributed by atoms with van der Waals surface area (Å²) in [6.45, 7) is 6.75. The molecular weight excluding hydrogens is 220 g/mol. The molecule has 0 N–H and O–H groups in total. The van der Waals surface area contributed by atoms with Crippen LogP contribution in [0.5, 0.6) is 5.75 Å². The average Bonchev–Trinajstić information content (AvgIpc) is 2.40. The first kappa shape index (κ1) is 13.5. The predicted molar refractivity (Wildman–Crippen MR) is 77.2 cm³/mol. The molecule has 0 aliphatic heterocycles. The molecule has 0 unspecified atom stereocenters. The van der Waals surface area contributed by atoms with Gasteiger partial charge in [0.1, 0.15) is 5.75 Å². The molecule has 0 spiro atoms. The van der Waals surface area contributed by atoms with E-state index in [1.807, 2.05) is 0 Å². The van der Waals surface area contributed by atoms with Crippen LogP contribution in [0, 0.1) is 5.92 Å². The van der Waals surface area contributed by atoms with Crippen LogP contribution in [0.1, 0.15) is 64.4 Å². The molecule has 100 valence electrons. The quantitative estimate of drug-likeness (QED) is 0.713. The first-order valence-corrected chi connectivity index (χ1v) is 7.45. The topological polar surface area (TPSA) is 9.23 Å². The minimum atomic E-state index is 0.442. The Labute approximate surface area is 112 Å². The smallest absolute Gasteiger partial charge is 0.119 e. The van der Waals surface area contributed by atoms with Crippen molar-refractivity contribution < 1.29 is 4.74 Å². The molecule has 0 heterocycles. The van der Waals surface area contributed by atoms with Gasteiger partial charge in [0.15, 0.2) is 0 Å². The molecule has 1 aromatic rings. The van der Waals surface area contributed by atoms with Gasteiger partial charge in [-0.15, -0.1) is 0 Å². The molecule has 0 bridgehead atoms. The van der Waals surface area contributed by atoms with Crippen molar-refractivity contribution in [3.8, 4) is 5.75 Å². The van der Waals surface area contributed by atoms with E-state index in [4.69, 9.17) is 4.74 Å². The third kappa shape index (κ3) is 3.51. The SMILES string of the molecule is CCC1CCC(Oc2ccc(C(C)C)cc2)CC1. The second kappa shape index (κ2) is 6.26. The molecule has 2 rings (SSSR count). The summed E-state index contributed by atoms with van der Waals surface area (Å²) in [7, 11) is 0. The van der Waals surface area contributed by atoms with Crippen LogP contribution >= 0.6 is 0 Å². The van der Waals surface area contributed by atoms with Gasteiger partial charge in [0.25, 0.3) is 0 Å². The fourth-order valence-electron chi connectivity index (χ4n) is 2.78. The van der Waals surface area contributed by atoms with Gasteiger partial charge in [0.05, 0.1) is 6.10 Å². The van der Waals surface area contributed by atoms with E-state index in [1.165, 1.54) is 37.7 Å². The lowest BCUT2D eigenvalue weighted by Crippen LogP contribution is -2.23. The number of benzene rings is 1. The van der Waals surface area contributed by atoms with Crippen molar-refractivity contribution in [1.29, 1.82) is 0 Å². The largest absolute Gasteiger partial charge is 0.490 e. The molecular formula is C17H26O. The van der Waals surface area contributed by atoms with Crippen LogP contribution in [0.3, 0.4) is 0 Å². The summed E-state index contributed by atoms with van der Waals surface area (Å²) in [4.78, 5) is 0. The van der Waals surface area contributed by atoms with Crippen LogP contribution in [0.25, 0.3) is 0 Å². The Bertz CT molecular complexity index is 344. The minimum Gasteiger partial charge on any atom is -0.490 e. The van der Waals surface area contributed by atoms with Crippen LogP contribution in [-0.4, -0.2) is 6.10 Å². The Balaban J connectivity index is 1.86. The van der Waals surface area contributed by atoms with Gasteiger partial charge in [-0.3, -0.25) is 0 Å². The summed E-state index contributed by atoms with van der Waals surface area (Å²) < 4.78 is 6.08. The number of hydrogen-bond donors (Lipinski definition) is 0. The molecule has 1 aliphatic rings. The number of ether oxygens (including phenoxy) is 1. The summed E-state index contributed by atoms with van der Waals surface area (Å²) in [6, 6.07) is 8.64. The van der Waals surface area contributed by atoms with Crippen molar-refractivity contribution in [2.75, 3.05) is 0 Å². The summed E-state index contributed by atoms with van der Waals surface area (Å²) in [6.07, 6.45) is 6.90. The predicted octanol–water partition coefficient (Wildman–Crippen LogP) is 5.16. The van der Waals surface area contributed by atoms with E-state index in [1.54, 1.807) is 0 Å². The van der Waals surface area contributed by atoms with Gasteiger partial charge in [-0.25, -0.2) is 0 Å². The molecule has 0 radical (unpaired) electrons. The standard InChI is InChI=1S/C17H26O/c1-4-14-5-9-16(10-6-14)18-17-11-7-15(8-12-17)13(2)3/h7-8,11-14,16H,4-6,9-10H2,1-3H3. The molecule has 1 aliphatic carbocycles. The Morgan fingerprint density at radius 1 is 1.06 bits per heavy atom. The van der Waals surface area contributed by atoms with E-state index in [0.29, 0.717) is 12.0 Å². The molecule has 1 aromatic carbocycles. The highest BCUT2D eigenvalue weighted by atomic mass is 16.5. The van der Waals surface area contributed by atoms with Gasteiger partial charge in [-0.1, -0.05) is 39.3 Å². The highest BCUT2D eigenvalue weighted by molar-refractivity contribution is 5.29. The number of rotatable bonds is 4. The normalized spacial score (nSPS) is 24.2. The molecule has 0 saturated heterocycles. The van der Waals surface area contributed by atoms with Crippen LogP contribution in [0.2, 0.25) is 0 Å². The molecule has 1 fully saturated rings. The Kier molecular flexibility index (Phi) is 4.68. The molecule has 1 heteroatoms. The van der Waals surface area contributed by atoms with Gasteiger partial charge in [-0.05, 0) is 55.2 Å². The van der Waals surface area contributed by atoms with Gasteiger partial charge in [0.2, 0.25) is 0 Å². The lowest BCUT2D eigenvalue weighted by molar-refractivity contribution is 0.130. The minimum absolute atomic E-state index is 0.442. The Morgan fingerprint density at radius 2 is 1.67 bits per heavy atom. The highest BCUT2D eigenvalue weighted by Gasteiger charge is 2.21. The summed E-state index contributed by atoms with van der Waals surface area (Å²) in [5.74, 6) is 2.58. The van der Waals surface area contributed by atoms with Gasteiger partial charge < -0.3 is 4.74 Å². The lowest BCUT2D eigenvalue weighted by Gasteiger charge is -2.28. The molecule has 0 amide bonds. The van der Waals surface area contributed by atoms with Crippen molar-refractivity contribution in [3.63, 3.8) is 0 Å². The Morgan fingerprint density at radius 3 is 2.17 bits per heavy atom. The first-order valence-electron chi connectivity index (χ1n) is 7.45. The van der Waals surface area contributed by atoms with E-state index in [-0.39, 0.29) is 0 Å². The summed E-state index contributed by atoms with van der Waals surface area (Å²) >= 11 is 0. The van der Waals surface area contributed by atoms with Crippen molar-refractivity contribution in [2.45, 2.75) is 64.9 Å². The van der Waals surface area contributed by atoms with Crippen LogP contribution in [0.15, 0.2) is 24.3 Å². The first-order chi connectivity index (χ1) is 8.69. The van der Waals surface area contributed by atoms with Crippen molar-refractivity contribution in [3.05, 3.63) is 29.8 Å². The monoisotopic (exact) mass is 246 g/mol.